The maximum atomic E-state index is 13.3. The van der Waals surface area contributed by atoms with E-state index in [1.54, 1.807) is 31.4 Å². The molecule has 1 aromatic heterocycles. The summed E-state index contributed by atoms with van der Waals surface area (Å²) in [5.74, 6) is 0.831. The van der Waals surface area contributed by atoms with Crippen LogP contribution >= 0.6 is 0 Å². The number of benzene rings is 2. The number of nitrogens with zero attached hydrogens (tertiary/aromatic N) is 3. The van der Waals surface area contributed by atoms with E-state index in [2.05, 4.69) is 16.5 Å². The minimum atomic E-state index is -0.699. The third-order valence-corrected chi connectivity index (χ3v) is 4.44. The molecule has 1 amide bonds. The van der Waals surface area contributed by atoms with Gasteiger partial charge in [-0.1, -0.05) is 24.8 Å². The van der Waals surface area contributed by atoms with Crippen LogP contribution in [0.4, 0.5) is 22.0 Å². The summed E-state index contributed by atoms with van der Waals surface area (Å²) in [7, 11) is 1.60. The second-order valence-electron chi connectivity index (χ2n) is 8.06. The zero-order chi connectivity index (χ0) is 23.3. The molecule has 3 aromatic rings. The third kappa shape index (κ3) is 5.33. The number of nitrogens with two attached hydrogens (primary N) is 1. The number of amides is 1. The van der Waals surface area contributed by atoms with Crippen LogP contribution in [-0.4, -0.2) is 42.0 Å². The Morgan fingerprint density at radius 3 is 2.66 bits per heavy atom. The normalized spacial score (nSPS) is 11.2. The Morgan fingerprint density at radius 1 is 1.19 bits per heavy atom. The fourth-order valence-corrected chi connectivity index (χ4v) is 3.04. The van der Waals surface area contributed by atoms with Crippen molar-refractivity contribution in [1.29, 1.82) is 0 Å². The van der Waals surface area contributed by atoms with Crippen LogP contribution in [0.5, 0.6) is 5.75 Å². The molecule has 32 heavy (non-hydrogen) atoms. The lowest BCUT2D eigenvalue weighted by Crippen LogP contribution is -2.34. The van der Waals surface area contributed by atoms with Crippen LogP contribution in [0.1, 0.15) is 26.3 Å². The predicted octanol–water partition coefficient (Wildman–Crippen LogP) is 4.95. The number of aromatic nitrogens is 2. The van der Waals surface area contributed by atoms with E-state index in [0.717, 1.165) is 5.56 Å². The first kappa shape index (κ1) is 23.0. The fraction of sp³-hybridized carbons (Fsp3) is 0.292. The fourth-order valence-electron chi connectivity index (χ4n) is 3.04. The van der Waals surface area contributed by atoms with E-state index in [1.807, 2.05) is 39.0 Å². The predicted molar refractivity (Wildman–Crippen MR) is 126 cm³/mol. The molecular weight excluding hydrogens is 408 g/mol. The summed E-state index contributed by atoms with van der Waals surface area (Å²) in [6.07, 6.45) is 2.52. The highest BCUT2D eigenvalue weighted by Crippen LogP contribution is 2.35. The van der Waals surface area contributed by atoms with E-state index >= 15 is 0 Å². The van der Waals surface area contributed by atoms with E-state index < -0.39 is 11.7 Å². The maximum absolute atomic E-state index is 13.3. The van der Waals surface area contributed by atoms with Crippen molar-refractivity contribution in [3.8, 4) is 5.75 Å². The summed E-state index contributed by atoms with van der Waals surface area (Å²) in [4.78, 5) is 23.4. The van der Waals surface area contributed by atoms with E-state index in [4.69, 9.17) is 19.9 Å². The van der Waals surface area contributed by atoms with E-state index in [1.165, 1.54) is 11.2 Å². The van der Waals surface area contributed by atoms with Gasteiger partial charge in [0.2, 0.25) is 0 Å². The molecule has 8 heteroatoms. The molecule has 0 bridgehead atoms. The number of hydrogen-bond acceptors (Lipinski definition) is 7. The Bertz CT molecular complexity index is 1120. The van der Waals surface area contributed by atoms with Crippen molar-refractivity contribution >= 4 is 40.3 Å². The molecule has 0 radical (unpaired) electrons. The van der Waals surface area contributed by atoms with Gasteiger partial charge in [0.15, 0.2) is 5.82 Å². The topological polar surface area (TPSA) is 99.8 Å². The first-order valence-corrected chi connectivity index (χ1v) is 10.1. The lowest BCUT2D eigenvalue weighted by Gasteiger charge is -2.27. The van der Waals surface area contributed by atoms with Gasteiger partial charge in [-0.3, -0.25) is 0 Å². The van der Waals surface area contributed by atoms with Gasteiger partial charge in [-0.15, -0.1) is 0 Å². The average molecular weight is 437 g/mol. The Kier molecular flexibility index (Phi) is 6.95. The number of fused-ring (bicyclic) bond motifs is 1. The smallest absolute Gasteiger partial charge is 0.420 e. The van der Waals surface area contributed by atoms with Crippen LogP contribution in [0.25, 0.3) is 17.0 Å². The molecule has 0 saturated heterocycles. The van der Waals surface area contributed by atoms with Gasteiger partial charge in [0.1, 0.15) is 24.3 Å². The van der Waals surface area contributed by atoms with Gasteiger partial charge in [-0.05, 0) is 44.5 Å². The monoisotopic (exact) mass is 436 g/mol. The molecule has 0 saturated carbocycles. The number of anilines is 3. The van der Waals surface area contributed by atoms with Gasteiger partial charge in [-0.25, -0.2) is 19.7 Å². The second-order valence-corrected chi connectivity index (χ2v) is 8.06. The number of nitrogen functional groups attached to an aromatic ring is 1. The first-order valence-electron chi connectivity index (χ1n) is 10.1. The Labute approximate surface area is 187 Å². The minimum Gasteiger partial charge on any atom is -0.489 e. The third-order valence-electron chi connectivity index (χ3n) is 4.44. The van der Waals surface area contributed by atoms with E-state index in [9.17, 15) is 4.79 Å². The summed E-state index contributed by atoms with van der Waals surface area (Å²) in [6.45, 7) is 10.0. The number of hydrogen-bond donors (Lipinski definition) is 1. The number of rotatable bonds is 7. The van der Waals surface area contributed by atoms with Crippen LogP contribution in [0.15, 0.2) is 49.3 Å². The van der Waals surface area contributed by atoms with Crippen molar-refractivity contribution < 1.29 is 19.0 Å². The van der Waals surface area contributed by atoms with E-state index in [0.29, 0.717) is 47.1 Å². The van der Waals surface area contributed by atoms with Crippen molar-refractivity contribution in [1.82, 2.24) is 9.97 Å². The minimum absolute atomic E-state index is 0.348. The molecule has 0 spiro atoms. The first-order chi connectivity index (χ1) is 15.2. The van der Waals surface area contributed by atoms with Crippen molar-refractivity contribution in [3.63, 3.8) is 0 Å². The van der Waals surface area contributed by atoms with Crippen LogP contribution in [-0.2, 0) is 9.47 Å². The average Bonchev–Trinajstić information content (AvgIpc) is 2.74. The lowest BCUT2D eigenvalue weighted by molar-refractivity contribution is 0.0598. The second kappa shape index (κ2) is 9.65. The number of methoxy groups -OCH3 is 1. The van der Waals surface area contributed by atoms with Crippen molar-refractivity contribution in [2.45, 2.75) is 26.4 Å². The largest absolute Gasteiger partial charge is 0.489 e. The standard InChI is InChI=1S/C24H28N4O4/c1-6-16-8-7-9-17(12-16)28(23(29)32-24(2,3)4)22-18-13-19(25)21(31-11-10-30-5)14-20(18)26-15-27-22/h6-9,12-15H,1,10-11,25H2,2-5H3. The molecule has 0 aliphatic rings. The number of carbonyl (C=O) groups is 1. The lowest BCUT2D eigenvalue weighted by atomic mass is 10.1. The highest BCUT2D eigenvalue weighted by atomic mass is 16.6. The van der Waals surface area contributed by atoms with Gasteiger partial charge >= 0.3 is 6.09 Å². The van der Waals surface area contributed by atoms with Gasteiger partial charge < -0.3 is 19.9 Å². The zero-order valence-corrected chi connectivity index (χ0v) is 18.8. The Morgan fingerprint density at radius 2 is 1.97 bits per heavy atom. The van der Waals surface area contributed by atoms with Gasteiger partial charge in [0.25, 0.3) is 0 Å². The Balaban J connectivity index is 2.14. The molecule has 0 aliphatic carbocycles. The molecule has 2 aromatic carbocycles. The molecule has 0 fully saturated rings. The molecule has 168 valence electrons. The summed E-state index contributed by atoms with van der Waals surface area (Å²) in [5, 5.41) is 0.582. The molecule has 3 rings (SSSR count). The van der Waals surface area contributed by atoms with Crippen molar-refractivity contribution in [3.05, 3.63) is 54.9 Å². The molecule has 0 aliphatic heterocycles. The number of carbonyl (C=O) groups excluding carboxylic acids is 1. The molecule has 8 nitrogen and oxygen atoms in total. The van der Waals surface area contributed by atoms with Crippen LogP contribution in [0.3, 0.4) is 0 Å². The molecule has 0 unspecified atom stereocenters. The van der Waals surface area contributed by atoms with Crippen LogP contribution < -0.4 is 15.4 Å². The molecule has 2 N–H and O–H groups in total. The Hall–Kier alpha value is -3.65. The highest BCUT2D eigenvalue weighted by Gasteiger charge is 2.28. The summed E-state index contributed by atoms with van der Waals surface area (Å²) in [5.41, 5.74) is 7.93. The quantitative estimate of drug-likeness (QED) is 0.413. The molecule has 0 atom stereocenters. The van der Waals surface area contributed by atoms with Gasteiger partial charge in [-0.2, -0.15) is 0 Å². The van der Waals surface area contributed by atoms with Crippen molar-refractivity contribution in [2.24, 2.45) is 0 Å². The maximum Gasteiger partial charge on any atom is 0.420 e. The summed E-state index contributed by atoms with van der Waals surface area (Å²) in [6, 6.07) is 10.8. The summed E-state index contributed by atoms with van der Waals surface area (Å²) >= 11 is 0. The zero-order valence-electron chi connectivity index (χ0n) is 18.8. The number of ether oxygens (including phenoxy) is 3. The molecule has 1 heterocycles. The van der Waals surface area contributed by atoms with Crippen LogP contribution in [0, 0.1) is 0 Å². The SMILES string of the molecule is C=Cc1cccc(N(C(=O)OC(C)(C)C)c2ncnc3cc(OCCOC)c(N)cc23)c1. The van der Waals surface area contributed by atoms with Crippen molar-refractivity contribution in [2.75, 3.05) is 31.0 Å². The van der Waals surface area contributed by atoms with Crippen LogP contribution in [0.2, 0.25) is 0 Å². The molecular formula is C24H28N4O4. The summed E-state index contributed by atoms with van der Waals surface area (Å²) < 4.78 is 16.4. The highest BCUT2D eigenvalue weighted by molar-refractivity contribution is 6.04. The van der Waals surface area contributed by atoms with E-state index in [-0.39, 0.29) is 0 Å². The van der Waals surface area contributed by atoms with Gasteiger partial charge in [0.05, 0.1) is 23.5 Å². The van der Waals surface area contributed by atoms with Gasteiger partial charge in [0, 0.05) is 18.6 Å².